The van der Waals surface area contributed by atoms with Gasteiger partial charge in [-0.05, 0) is 42.7 Å². The smallest absolute Gasteiger partial charge is 0.263 e. The average Bonchev–Trinajstić information content (AvgIpc) is 3.24. The molecule has 10 heteroatoms. The van der Waals surface area contributed by atoms with Crippen LogP contribution in [0.5, 0.6) is 0 Å². The second-order valence-corrected chi connectivity index (χ2v) is 11.7. The summed E-state index contributed by atoms with van der Waals surface area (Å²) in [5, 5.41) is 23.9. The number of carbonyl (C=O) groups is 2. The molecule has 0 aliphatic heterocycles. The Balaban J connectivity index is 1.74. The molecule has 0 unspecified atom stereocenters. The van der Waals surface area contributed by atoms with Crippen LogP contribution < -0.4 is 5.32 Å². The minimum atomic E-state index is -0.981. The number of hydrogen-bond acceptors (Lipinski definition) is 6. The molecule has 2 aliphatic carbocycles. The topological polar surface area (TPSA) is 103 Å². The van der Waals surface area contributed by atoms with Gasteiger partial charge in [-0.2, -0.15) is 0 Å². The third-order valence-corrected chi connectivity index (χ3v) is 9.45. The lowest BCUT2D eigenvalue weighted by atomic mass is 9.47. The number of rotatable bonds is 6. The maximum Gasteiger partial charge on any atom is 0.263 e. The van der Waals surface area contributed by atoms with E-state index in [0.29, 0.717) is 25.0 Å². The van der Waals surface area contributed by atoms with E-state index in [0.717, 1.165) is 17.0 Å². The molecule has 0 saturated heterocycles. The number of aliphatic hydroxyl groups is 2. The van der Waals surface area contributed by atoms with E-state index < -0.39 is 40.0 Å². The van der Waals surface area contributed by atoms with Crippen LogP contribution in [0.1, 0.15) is 60.0 Å². The van der Waals surface area contributed by atoms with Crippen molar-refractivity contribution in [3.05, 3.63) is 46.0 Å². The van der Waals surface area contributed by atoms with Crippen molar-refractivity contribution in [2.24, 2.45) is 16.7 Å². The van der Waals surface area contributed by atoms with Crippen molar-refractivity contribution in [3.8, 4) is 12.3 Å². The second-order valence-electron chi connectivity index (χ2n) is 10.6. The van der Waals surface area contributed by atoms with Crippen LogP contribution in [0.15, 0.2) is 18.2 Å². The number of nitrogens with zero attached hydrogens (tertiary/aromatic N) is 2. The Morgan fingerprint density at radius 1 is 1.32 bits per heavy atom. The molecule has 1 fully saturated rings. The van der Waals surface area contributed by atoms with Gasteiger partial charge in [-0.3, -0.25) is 14.9 Å². The van der Waals surface area contributed by atoms with Crippen molar-refractivity contribution >= 4 is 28.3 Å². The normalized spacial score (nSPS) is 28.5. The fraction of sp³-hybridized carbons (Fsp3) is 0.519. The molecule has 37 heavy (non-hydrogen) atoms. The number of nitrogens with one attached hydrogen (secondary N) is 1. The summed E-state index contributed by atoms with van der Waals surface area (Å²) in [6.45, 7) is 3.85. The summed E-state index contributed by atoms with van der Waals surface area (Å²) in [5.74, 6) is -1.17. The molecule has 4 rings (SSSR count). The molecule has 2 aromatic rings. The Morgan fingerprint density at radius 2 is 2.00 bits per heavy atom. The number of aromatic nitrogens is 1. The molecule has 1 saturated carbocycles. The van der Waals surface area contributed by atoms with E-state index >= 15 is 0 Å². The monoisotopic (exact) mass is 531 g/mol. The lowest BCUT2D eigenvalue weighted by molar-refractivity contribution is -0.146. The highest BCUT2D eigenvalue weighted by Crippen LogP contribution is 2.62. The number of anilines is 1. The van der Waals surface area contributed by atoms with Crippen LogP contribution in [0.3, 0.4) is 0 Å². The summed E-state index contributed by atoms with van der Waals surface area (Å²) in [6, 6.07) is 3.19. The van der Waals surface area contributed by atoms with Crippen molar-refractivity contribution in [1.82, 2.24) is 9.88 Å². The molecular weight excluding hydrogens is 500 g/mol. The van der Waals surface area contributed by atoms with Gasteiger partial charge in [-0.15, -0.1) is 17.8 Å². The van der Waals surface area contributed by atoms with Crippen LogP contribution in [0.4, 0.5) is 13.9 Å². The van der Waals surface area contributed by atoms with E-state index in [4.69, 9.17) is 6.42 Å². The van der Waals surface area contributed by atoms with Crippen molar-refractivity contribution in [3.63, 3.8) is 0 Å². The highest BCUT2D eigenvalue weighted by molar-refractivity contribution is 7.15. The quantitative estimate of drug-likeness (QED) is 0.495. The number of fused-ring (bicyclic) bond motifs is 2. The van der Waals surface area contributed by atoms with E-state index in [-0.39, 0.29) is 42.4 Å². The molecule has 2 amide bonds. The predicted octanol–water partition coefficient (Wildman–Crippen LogP) is 3.57. The Kier molecular flexibility index (Phi) is 7.43. The number of terminal acetylenes is 1. The lowest BCUT2D eigenvalue weighted by Gasteiger charge is -2.58. The SMILES string of the molecule is C#CCN(C)C(=O)C[C@@H]1c2nc(NC(=O)c3c(F)cccc3F)sc2C[C@@H]2[C@](C)(CO)[C@H](O)CC[C@]21C. The van der Waals surface area contributed by atoms with Gasteiger partial charge in [0.2, 0.25) is 5.91 Å². The van der Waals surface area contributed by atoms with Gasteiger partial charge < -0.3 is 15.1 Å². The maximum atomic E-state index is 14.2. The first-order chi connectivity index (χ1) is 17.5. The highest BCUT2D eigenvalue weighted by Gasteiger charge is 2.59. The number of hydrogen-bond donors (Lipinski definition) is 3. The number of halogens is 2. The first-order valence-corrected chi connectivity index (χ1v) is 13.0. The standard InChI is InChI=1S/C27H31F2N3O4S/c1-5-11-32(4)21(35)12-15-23-18(13-19-26(15,2)10-9-20(34)27(19,3)14-33)37-25(30-23)31-24(36)22-16(28)7-6-8-17(22)29/h1,6-8,15,19-20,33-34H,9-14H2,2-4H3,(H,30,31,36)/t15-,19+,20-,26+,27+/m1/s1. The summed E-state index contributed by atoms with van der Waals surface area (Å²) >= 11 is 1.18. The largest absolute Gasteiger partial charge is 0.396 e. The molecule has 3 N–H and O–H groups in total. The van der Waals surface area contributed by atoms with Crippen LogP contribution in [-0.2, 0) is 11.2 Å². The number of thiazole rings is 1. The zero-order chi connectivity index (χ0) is 27.1. The summed E-state index contributed by atoms with van der Waals surface area (Å²) in [5.41, 5.74) is -1.34. The molecule has 7 nitrogen and oxygen atoms in total. The molecule has 0 spiro atoms. The first-order valence-electron chi connectivity index (χ1n) is 12.2. The summed E-state index contributed by atoms with van der Waals surface area (Å²) in [7, 11) is 1.63. The van der Waals surface area contributed by atoms with Gasteiger partial charge >= 0.3 is 0 Å². The molecule has 1 heterocycles. The zero-order valence-corrected chi connectivity index (χ0v) is 21.9. The number of carbonyl (C=O) groups excluding carboxylic acids is 2. The Labute approximate surface area is 218 Å². The van der Waals surface area contributed by atoms with Crippen LogP contribution in [0.2, 0.25) is 0 Å². The predicted molar refractivity (Wildman–Crippen MR) is 136 cm³/mol. The minimum Gasteiger partial charge on any atom is -0.396 e. The second kappa shape index (κ2) is 10.1. The van der Waals surface area contributed by atoms with Crippen LogP contribution >= 0.6 is 11.3 Å². The minimum absolute atomic E-state index is 0.106. The van der Waals surface area contributed by atoms with Crippen LogP contribution in [0, 0.1) is 40.7 Å². The van der Waals surface area contributed by atoms with Gasteiger partial charge in [0.15, 0.2) is 5.13 Å². The Hall–Kier alpha value is -2.87. The fourth-order valence-electron chi connectivity index (χ4n) is 6.13. The molecule has 0 bridgehead atoms. The van der Waals surface area contributed by atoms with Gasteiger partial charge in [0.1, 0.15) is 17.2 Å². The first kappa shape index (κ1) is 27.2. The van der Waals surface area contributed by atoms with Crippen molar-refractivity contribution in [2.75, 3.05) is 25.5 Å². The fourth-order valence-corrected chi connectivity index (χ4v) is 7.19. The molecule has 1 aromatic heterocycles. The molecule has 0 radical (unpaired) electrons. The summed E-state index contributed by atoms with van der Waals surface area (Å²) < 4.78 is 28.3. The van der Waals surface area contributed by atoms with Crippen molar-refractivity contribution in [2.45, 2.75) is 51.6 Å². The molecule has 2 aliphatic rings. The zero-order valence-electron chi connectivity index (χ0n) is 21.1. The maximum absolute atomic E-state index is 14.2. The lowest BCUT2D eigenvalue weighted by Crippen LogP contribution is -2.57. The van der Waals surface area contributed by atoms with Gasteiger partial charge in [0.25, 0.3) is 5.91 Å². The molecule has 1 aromatic carbocycles. The molecule has 5 atom stereocenters. The number of aliphatic hydroxyl groups excluding tert-OH is 2. The Bertz CT molecular complexity index is 1240. The van der Waals surface area contributed by atoms with E-state index in [1.54, 1.807) is 7.05 Å². The average molecular weight is 532 g/mol. The number of benzene rings is 1. The van der Waals surface area contributed by atoms with E-state index in [2.05, 4.69) is 23.1 Å². The van der Waals surface area contributed by atoms with E-state index in [9.17, 15) is 28.6 Å². The van der Waals surface area contributed by atoms with Gasteiger partial charge in [0.05, 0.1) is 24.9 Å². The van der Waals surface area contributed by atoms with E-state index in [1.165, 1.54) is 22.3 Å². The van der Waals surface area contributed by atoms with Crippen molar-refractivity contribution in [1.29, 1.82) is 0 Å². The van der Waals surface area contributed by atoms with Crippen molar-refractivity contribution < 1.29 is 28.6 Å². The molecule has 198 valence electrons. The van der Waals surface area contributed by atoms with Gasteiger partial charge in [-0.1, -0.05) is 25.8 Å². The highest BCUT2D eigenvalue weighted by atomic mass is 32.1. The third kappa shape index (κ3) is 4.65. The number of amides is 2. The molecular formula is C27H31F2N3O4S. The van der Waals surface area contributed by atoms with Gasteiger partial charge in [-0.25, -0.2) is 13.8 Å². The Morgan fingerprint density at radius 3 is 2.62 bits per heavy atom. The summed E-state index contributed by atoms with van der Waals surface area (Å²) in [6.07, 6.45) is 6.34. The van der Waals surface area contributed by atoms with Gasteiger partial charge in [0, 0.05) is 29.7 Å². The van der Waals surface area contributed by atoms with Crippen LogP contribution in [0.25, 0.3) is 0 Å². The summed E-state index contributed by atoms with van der Waals surface area (Å²) in [4.78, 5) is 32.8. The third-order valence-electron chi connectivity index (χ3n) is 8.44. The van der Waals surface area contributed by atoms with E-state index in [1.807, 2.05) is 6.92 Å². The van der Waals surface area contributed by atoms with Crippen LogP contribution in [-0.4, -0.2) is 58.2 Å².